The molecule has 0 atom stereocenters. The Labute approximate surface area is 146 Å². The molecule has 0 amide bonds. The molecule has 2 N–H and O–H groups in total. The van der Waals surface area contributed by atoms with Gasteiger partial charge in [-0.1, -0.05) is 37.1 Å². The van der Waals surface area contributed by atoms with Crippen molar-refractivity contribution in [2.75, 3.05) is 19.6 Å². The first kappa shape index (κ1) is 17.3. The highest BCUT2D eigenvalue weighted by atomic mass is 15.2. The van der Waals surface area contributed by atoms with Crippen LogP contribution in [-0.2, 0) is 13.1 Å². The van der Waals surface area contributed by atoms with Crippen molar-refractivity contribution in [3.05, 3.63) is 35.4 Å². The van der Waals surface area contributed by atoms with Gasteiger partial charge in [-0.3, -0.25) is 4.90 Å². The van der Waals surface area contributed by atoms with Crippen LogP contribution in [0.25, 0.3) is 0 Å². The number of aliphatic imine (C=N–C) groups is 1. The van der Waals surface area contributed by atoms with Gasteiger partial charge in [-0.15, -0.1) is 0 Å². The lowest BCUT2D eigenvalue weighted by atomic mass is 10.1. The summed E-state index contributed by atoms with van der Waals surface area (Å²) in [4.78, 5) is 7.43. The maximum absolute atomic E-state index is 4.81. The molecule has 1 aliphatic carbocycles. The summed E-state index contributed by atoms with van der Waals surface area (Å²) < 4.78 is 0. The fourth-order valence-corrected chi connectivity index (χ4v) is 3.31. The number of hydrogen-bond donors (Lipinski definition) is 2. The molecule has 0 aromatic heterocycles. The van der Waals surface area contributed by atoms with Gasteiger partial charge in [0.2, 0.25) is 0 Å². The lowest BCUT2D eigenvalue weighted by Gasteiger charge is -2.21. The quantitative estimate of drug-likeness (QED) is 0.622. The van der Waals surface area contributed by atoms with Crippen LogP contribution in [0.4, 0.5) is 0 Å². The van der Waals surface area contributed by atoms with Gasteiger partial charge in [-0.25, -0.2) is 4.99 Å². The fraction of sp³-hybridized carbons (Fsp3) is 0.650. The highest BCUT2D eigenvalue weighted by Crippen LogP contribution is 2.19. The maximum Gasteiger partial charge on any atom is 0.191 e. The molecule has 0 spiro atoms. The molecule has 1 aliphatic heterocycles. The van der Waals surface area contributed by atoms with Crippen molar-refractivity contribution in [3.63, 3.8) is 0 Å². The van der Waals surface area contributed by atoms with Crippen molar-refractivity contribution >= 4 is 5.96 Å². The summed E-state index contributed by atoms with van der Waals surface area (Å²) in [6.45, 7) is 7.34. The van der Waals surface area contributed by atoms with Gasteiger partial charge in [0.15, 0.2) is 5.96 Å². The van der Waals surface area contributed by atoms with Gasteiger partial charge in [-0.05, 0) is 56.8 Å². The second-order valence-electron chi connectivity index (χ2n) is 7.07. The van der Waals surface area contributed by atoms with Crippen molar-refractivity contribution in [3.8, 4) is 0 Å². The Hall–Kier alpha value is -1.55. The smallest absolute Gasteiger partial charge is 0.191 e. The molecular formula is C20H32N4. The number of hydrogen-bond acceptors (Lipinski definition) is 2. The third-order valence-corrected chi connectivity index (χ3v) is 4.88. The molecule has 24 heavy (non-hydrogen) atoms. The topological polar surface area (TPSA) is 39.7 Å². The Bertz CT molecular complexity index is 528. The molecule has 0 bridgehead atoms. The van der Waals surface area contributed by atoms with E-state index in [4.69, 9.17) is 4.99 Å². The zero-order valence-corrected chi connectivity index (χ0v) is 15.1. The van der Waals surface area contributed by atoms with E-state index >= 15 is 0 Å². The van der Waals surface area contributed by atoms with Crippen molar-refractivity contribution in [1.29, 1.82) is 0 Å². The van der Waals surface area contributed by atoms with Crippen LogP contribution >= 0.6 is 0 Å². The summed E-state index contributed by atoms with van der Waals surface area (Å²) in [5.74, 6) is 0.963. The van der Waals surface area contributed by atoms with E-state index in [9.17, 15) is 0 Å². The minimum Gasteiger partial charge on any atom is -0.357 e. The van der Waals surface area contributed by atoms with Crippen LogP contribution in [-0.4, -0.2) is 36.5 Å². The summed E-state index contributed by atoms with van der Waals surface area (Å²) in [6.07, 6.45) is 8.01. The van der Waals surface area contributed by atoms with Gasteiger partial charge >= 0.3 is 0 Å². The summed E-state index contributed by atoms with van der Waals surface area (Å²) in [6, 6.07) is 9.44. The van der Waals surface area contributed by atoms with E-state index in [1.807, 2.05) is 0 Å². The molecule has 2 fully saturated rings. The highest BCUT2D eigenvalue weighted by Gasteiger charge is 2.22. The first-order valence-electron chi connectivity index (χ1n) is 9.69. The number of benzene rings is 1. The van der Waals surface area contributed by atoms with Gasteiger partial charge in [-0.2, -0.15) is 0 Å². The average molecular weight is 329 g/mol. The molecule has 3 rings (SSSR count). The van der Waals surface area contributed by atoms with Crippen LogP contribution in [0.2, 0.25) is 0 Å². The summed E-state index contributed by atoms with van der Waals surface area (Å²) in [5.41, 5.74) is 2.79. The van der Waals surface area contributed by atoms with Gasteiger partial charge < -0.3 is 10.6 Å². The molecule has 2 aliphatic rings. The minimum atomic E-state index is 0.634. The predicted octanol–water partition coefficient (Wildman–Crippen LogP) is 3.28. The van der Waals surface area contributed by atoms with Crippen LogP contribution in [0.15, 0.2) is 29.3 Å². The van der Waals surface area contributed by atoms with E-state index in [-0.39, 0.29) is 0 Å². The maximum atomic E-state index is 4.81. The first-order valence-corrected chi connectivity index (χ1v) is 9.69. The van der Waals surface area contributed by atoms with E-state index < -0.39 is 0 Å². The minimum absolute atomic E-state index is 0.634. The fourth-order valence-electron chi connectivity index (χ4n) is 3.31. The lowest BCUT2D eigenvalue weighted by Crippen LogP contribution is -2.38. The Kier molecular flexibility index (Phi) is 6.53. The van der Waals surface area contributed by atoms with Crippen LogP contribution < -0.4 is 10.6 Å². The molecule has 1 aromatic rings. The Balaban J connectivity index is 1.63. The zero-order chi connectivity index (χ0) is 16.6. The van der Waals surface area contributed by atoms with E-state index in [1.165, 1.54) is 62.7 Å². The Morgan fingerprint density at radius 2 is 1.79 bits per heavy atom. The van der Waals surface area contributed by atoms with E-state index in [2.05, 4.69) is 46.7 Å². The van der Waals surface area contributed by atoms with E-state index in [0.29, 0.717) is 6.04 Å². The third kappa shape index (κ3) is 5.52. The lowest BCUT2D eigenvalue weighted by molar-refractivity contribution is 0.276. The molecule has 1 saturated carbocycles. The van der Waals surface area contributed by atoms with Crippen LogP contribution in [0.1, 0.15) is 56.6 Å². The Morgan fingerprint density at radius 1 is 1.08 bits per heavy atom. The highest BCUT2D eigenvalue weighted by molar-refractivity contribution is 5.80. The molecule has 4 heteroatoms. The van der Waals surface area contributed by atoms with Crippen molar-refractivity contribution in [1.82, 2.24) is 15.5 Å². The Morgan fingerprint density at radius 3 is 2.46 bits per heavy atom. The molecular weight excluding hydrogens is 296 g/mol. The molecule has 1 saturated heterocycles. The molecule has 4 nitrogen and oxygen atoms in total. The zero-order valence-electron chi connectivity index (χ0n) is 15.1. The van der Waals surface area contributed by atoms with E-state index in [0.717, 1.165) is 25.6 Å². The second-order valence-corrected chi connectivity index (χ2v) is 7.07. The largest absolute Gasteiger partial charge is 0.357 e. The third-order valence-electron chi connectivity index (χ3n) is 4.88. The number of nitrogens with one attached hydrogen (secondary N) is 2. The molecule has 0 radical (unpaired) electrons. The SMILES string of the molecule is CCNC(=NCc1ccccc1CN1CCCCCC1)NC1CC1. The monoisotopic (exact) mass is 328 g/mol. The van der Waals surface area contributed by atoms with Crippen LogP contribution in [0, 0.1) is 0 Å². The predicted molar refractivity (Wildman–Crippen MR) is 101 cm³/mol. The van der Waals surface area contributed by atoms with Gasteiger partial charge in [0, 0.05) is 19.1 Å². The number of guanidine groups is 1. The second kappa shape index (κ2) is 9.07. The number of rotatable bonds is 6. The van der Waals surface area contributed by atoms with Gasteiger partial charge in [0.05, 0.1) is 6.54 Å². The van der Waals surface area contributed by atoms with Gasteiger partial charge in [0.1, 0.15) is 0 Å². The number of nitrogens with zero attached hydrogens (tertiary/aromatic N) is 2. The first-order chi connectivity index (χ1) is 11.8. The van der Waals surface area contributed by atoms with Crippen molar-refractivity contribution < 1.29 is 0 Å². The summed E-state index contributed by atoms with van der Waals surface area (Å²) in [5, 5.41) is 6.86. The summed E-state index contributed by atoms with van der Waals surface area (Å²) >= 11 is 0. The molecule has 1 aromatic carbocycles. The van der Waals surface area contributed by atoms with Gasteiger partial charge in [0.25, 0.3) is 0 Å². The van der Waals surface area contributed by atoms with Crippen molar-refractivity contribution in [2.24, 2.45) is 4.99 Å². The van der Waals surface area contributed by atoms with Crippen molar-refractivity contribution in [2.45, 2.75) is 64.6 Å². The summed E-state index contributed by atoms with van der Waals surface area (Å²) in [7, 11) is 0. The molecule has 1 heterocycles. The number of likely N-dealkylation sites (tertiary alicyclic amines) is 1. The standard InChI is InChI=1S/C20H32N4/c1-2-21-20(23-19-11-12-19)22-15-17-9-5-6-10-18(17)16-24-13-7-3-4-8-14-24/h5-6,9-10,19H,2-4,7-8,11-16H2,1H3,(H2,21,22,23). The average Bonchev–Trinajstić information content (AvgIpc) is 3.42. The van der Waals surface area contributed by atoms with E-state index in [1.54, 1.807) is 0 Å². The van der Waals surface area contributed by atoms with Crippen LogP contribution in [0.5, 0.6) is 0 Å². The molecule has 132 valence electrons. The molecule has 0 unspecified atom stereocenters. The van der Waals surface area contributed by atoms with Crippen LogP contribution in [0.3, 0.4) is 0 Å². The normalized spacial score (nSPS) is 19.8.